The van der Waals surface area contributed by atoms with Gasteiger partial charge < -0.3 is 10.3 Å². The summed E-state index contributed by atoms with van der Waals surface area (Å²) in [5.74, 6) is -0.604. The van der Waals surface area contributed by atoms with Gasteiger partial charge in [-0.1, -0.05) is 6.07 Å². The van der Waals surface area contributed by atoms with Crippen LogP contribution in [0.4, 0.5) is 5.69 Å². The summed E-state index contributed by atoms with van der Waals surface area (Å²) in [7, 11) is 1.88. The maximum Gasteiger partial charge on any atom is 0.264 e. The van der Waals surface area contributed by atoms with E-state index >= 15 is 0 Å². The summed E-state index contributed by atoms with van der Waals surface area (Å²) < 4.78 is 1.88. The van der Waals surface area contributed by atoms with Gasteiger partial charge in [0.25, 0.3) is 11.8 Å². The number of aryl methyl sites for hydroxylation is 1. The Labute approximate surface area is 110 Å². The Bertz CT molecular complexity index is 688. The molecule has 96 valence electrons. The number of aromatic nitrogens is 1. The van der Waals surface area contributed by atoms with Crippen LogP contribution in [0.15, 0.2) is 36.5 Å². The first-order valence-corrected chi connectivity index (χ1v) is 5.94. The van der Waals surface area contributed by atoms with Gasteiger partial charge >= 0.3 is 0 Å². The number of hydrogen-bond donors (Lipinski definition) is 1. The summed E-state index contributed by atoms with van der Waals surface area (Å²) in [4.78, 5) is 25.8. The number of anilines is 1. The summed E-state index contributed by atoms with van der Waals surface area (Å²) >= 11 is 0. The molecule has 2 heterocycles. The standard InChI is InChI=1S/C14H13N3O2/c1-16-7-3-4-9(16)8-17-13(18)10-5-2-6-11(15)12(10)14(17)19/h2-7H,8,15H2,1H3. The molecule has 0 spiro atoms. The number of nitrogens with two attached hydrogens (primary N) is 1. The summed E-state index contributed by atoms with van der Waals surface area (Å²) in [6.07, 6.45) is 1.88. The average Bonchev–Trinajstić information content (AvgIpc) is 2.88. The predicted octanol–water partition coefficient (Wildman–Crippen LogP) is 1.40. The Morgan fingerprint density at radius 1 is 1.11 bits per heavy atom. The number of nitrogen functional groups attached to an aromatic ring is 1. The van der Waals surface area contributed by atoms with Crippen molar-refractivity contribution in [3.63, 3.8) is 0 Å². The second kappa shape index (κ2) is 3.98. The van der Waals surface area contributed by atoms with Crippen molar-refractivity contribution >= 4 is 17.5 Å². The van der Waals surface area contributed by atoms with Crippen molar-refractivity contribution in [1.29, 1.82) is 0 Å². The Balaban J connectivity index is 1.99. The topological polar surface area (TPSA) is 68.3 Å². The van der Waals surface area contributed by atoms with E-state index in [1.54, 1.807) is 18.2 Å². The molecule has 1 aliphatic rings. The van der Waals surface area contributed by atoms with Gasteiger partial charge in [-0.3, -0.25) is 14.5 Å². The van der Waals surface area contributed by atoms with Crippen molar-refractivity contribution in [2.45, 2.75) is 6.54 Å². The van der Waals surface area contributed by atoms with E-state index in [-0.39, 0.29) is 18.4 Å². The molecule has 19 heavy (non-hydrogen) atoms. The second-order valence-corrected chi connectivity index (χ2v) is 4.58. The van der Waals surface area contributed by atoms with E-state index in [4.69, 9.17) is 5.73 Å². The van der Waals surface area contributed by atoms with Crippen LogP contribution in [0.2, 0.25) is 0 Å². The van der Waals surface area contributed by atoms with Crippen molar-refractivity contribution in [1.82, 2.24) is 9.47 Å². The first-order chi connectivity index (χ1) is 9.09. The SMILES string of the molecule is Cn1cccc1CN1C(=O)c2cccc(N)c2C1=O. The van der Waals surface area contributed by atoms with Crippen LogP contribution in [-0.2, 0) is 13.6 Å². The number of rotatable bonds is 2. The van der Waals surface area contributed by atoms with Crippen LogP contribution in [0.25, 0.3) is 0 Å². The molecule has 5 nitrogen and oxygen atoms in total. The van der Waals surface area contributed by atoms with E-state index < -0.39 is 0 Å². The second-order valence-electron chi connectivity index (χ2n) is 4.58. The number of carbonyl (C=O) groups is 2. The zero-order valence-corrected chi connectivity index (χ0v) is 10.5. The van der Waals surface area contributed by atoms with Crippen LogP contribution in [0, 0.1) is 0 Å². The zero-order chi connectivity index (χ0) is 13.6. The molecule has 2 amide bonds. The third-order valence-corrected chi connectivity index (χ3v) is 3.40. The number of nitrogens with zero attached hydrogens (tertiary/aromatic N) is 2. The molecule has 0 saturated carbocycles. The van der Waals surface area contributed by atoms with Gasteiger partial charge in [-0.2, -0.15) is 0 Å². The molecule has 0 aliphatic carbocycles. The van der Waals surface area contributed by atoms with Crippen molar-refractivity contribution < 1.29 is 9.59 Å². The molecule has 2 aromatic rings. The predicted molar refractivity (Wildman–Crippen MR) is 70.5 cm³/mol. The maximum absolute atomic E-state index is 12.3. The fourth-order valence-electron chi connectivity index (χ4n) is 2.33. The number of carbonyl (C=O) groups excluding carboxylic acids is 2. The molecule has 3 rings (SSSR count). The third-order valence-electron chi connectivity index (χ3n) is 3.40. The number of fused-ring (bicyclic) bond motifs is 1. The Kier molecular flexibility index (Phi) is 2.41. The minimum absolute atomic E-state index is 0.259. The van der Waals surface area contributed by atoms with Crippen LogP contribution in [0.5, 0.6) is 0 Å². The van der Waals surface area contributed by atoms with E-state index in [1.807, 2.05) is 29.9 Å². The fourth-order valence-corrected chi connectivity index (χ4v) is 2.33. The van der Waals surface area contributed by atoms with Gasteiger partial charge in [0.15, 0.2) is 0 Å². The molecule has 1 aromatic carbocycles. The average molecular weight is 255 g/mol. The lowest BCUT2D eigenvalue weighted by atomic mass is 10.1. The van der Waals surface area contributed by atoms with Crippen molar-refractivity contribution in [2.75, 3.05) is 5.73 Å². The maximum atomic E-state index is 12.3. The highest BCUT2D eigenvalue weighted by atomic mass is 16.2. The number of imide groups is 1. The van der Waals surface area contributed by atoms with Crippen molar-refractivity contribution in [3.8, 4) is 0 Å². The molecule has 5 heteroatoms. The molecule has 1 aliphatic heterocycles. The van der Waals surface area contributed by atoms with Gasteiger partial charge in [-0.25, -0.2) is 0 Å². The van der Waals surface area contributed by atoms with Crippen LogP contribution < -0.4 is 5.73 Å². The monoisotopic (exact) mass is 255 g/mol. The van der Waals surface area contributed by atoms with E-state index in [0.29, 0.717) is 16.8 Å². The lowest BCUT2D eigenvalue weighted by molar-refractivity contribution is 0.0639. The van der Waals surface area contributed by atoms with Gasteiger partial charge in [0.1, 0.15) is 0 Å². The quantitative estimate of drug-likeness (QED) is 0.651. The van der Waals surface area contributed by atoms with Crippen molar-refractivity contribution in [3.05, 3.63) is 53.3 Å². The normalized spacial score (nSPS) is 14.1. The molecule has 0 unspecified atom stereocenters. The first-order valence-electron chi connectivity index (χ1n) is 5.94. The highest BCUT2D eigenvalue weighted by Crippen LogP contribution is 2.28. The number of amides is 2. The lowest BCUT2D eigenvalue weighted by Gasteiger charge is -2.14. The number of benzene rings is 1. The molecule has 0 bridgehead atoms. The van der Waals surface area contributed by atoms with Gasteiger partial charge in [-0.05, 0) is 24.3 Å². The molecule has 0 saturated heterocycles. The molecule has 0 fully saturated rings. The van der Waals surface area contributed by atoms with Gasteiger partial charge in [0.05, 0.1) is 17.7 Å². The zero-order valence-electron chi connectivity index (χ0n) is 10.5. The van der Waals surface area contributed by atoms with E-state index in [0.717, 1.165) is 5.69 Å². The minimum Gasteiger partial charge on any atom is -0.398 e. The highest BCUT2D eigenvalue weighted by Gasteiger charge is 2.37. The van der Waals surface area contributed by atoms with E-state index in [2.05, 4.69) is 0 Å². The molecule has 0 atom stereocenters. The van der Waals surface area contributed by atoms with Gasteiger partial charge in [0, 0.05) is 24.6 Å². The van der Waals surface area contributed by atoms with Crippen LogP contribution >= 0.6 is 0 Å². The van der Waals surface area contributed by atoms with Gasteiger partial charge in [0.2, 0.25) is 0 Å². The van der Waals surface area contributed by atoms with Gasteiger partial charge in [-0.15, -0.1) is 0 Å². The highest BCUT2D eigenvalue weighted by molar-refractivity contribution is 6.23. The van der Waals surface area contributed by atoms with E-state index in [9.17, 15) is 9.59 Å². The van der Waals surface area contributed by atoms with Crippen LogP contribution in [0.1, 0.15) is 26.4 Å². The summed E-state index contributed by atoms with van der Waals surface area (Å²) in [5.41, 5.74) is 7.74. The Hall–Kier alpha value is -2.56. The summed E-state index contributed by atoms with van der Waals surface area (Å²) in [5, 5.41) is 0. The van der Waals surface area contributed by atoms with E-state index in [1.165, 1.54) is 4.90 Å². The summed E-state index contributed by atoms with van der Waals surface area (Å²) in [6, 6.07) is 8.72. The number of hydrogen-bond acceptors (Lipinski definition) is 3. The lowest BCUT2D eigenvalue weighted by Crippen LogP contribution is -2.30. The Morgan fingerprint density at radius 3 is 2.53 bits per heavy atom. The Morgan fingerprint density at radius 2 is 1.89 bits per heavy atom. The molecule has 1 aromatic heterocycles. The first kappa shape index (κ1) is 11.5. The molecule has 0 radical (unpaired) electrons. The smallest absolute Gasteiger partial charge is 0.264 e. The van der Waals surface area contributed by atoms with Crippen LogP contribution in [-0.4, -0.2) is 21.3 Å². The van der Waals surface area contributed by atoms with Crippen LogP contribution in [0.3, 0.4) is 0 Å². The summed E-state index contributed by atoms with van der Waals surface area (Å²) in [6.45, 7) is 0.259. The molecular formula is C14H13N3O2. The molecular weight excluding hydrogens is 242 g/mol. The molecule has 2 N–H and O–H groups in total. The minimum atomic E-state index is -0.320. The fraction of sp³-hybridized carbons (Fsp3) is 0.143. The van der Waals surface area contributed by atoms with Crippen molar-refractivity contribution in [2.24, 2.45) is 7.05 Å². The largest absolute Gasteiger partial charge is 0.398 e. The third kappa shape index (κ3) is 1.62.